The molecule has 1 aliphatic heterocycles. The van der Waals surface area contributed by atoms with E-state index in [1.165, 1.54) is 13.3 Å². The number of carbonyl (C=O) groups is 1. The molecule has 5 nitrogen and oxygen atoms in total. The van der Waals surface area contributed by atoms with Crippen LogP contribution >= 0.6 is 0 Å². The summed E-state index contributed by atoms with van der Waals surface area (Å²) in [6.07, 6.45) is 4.95. The van der Waals surface area contributed by atoms with Gasteiger partial charge in [0.25, 0.3) is 0 Å². The Labute approximate surface area is 138 Å². The zero-order valence-electron chi connectivity index (χ0n) is 13.7. The third-order valence-corrected chi connectivity index (χ3v) is 6.54. The Balaban J connectivity index is 1.82. The number of rotatable bonds is 3. The van der Waals surface area contributed by atoms with Crippen LogP contribution in [0.1, 0.15) is 45.1 Å². The van der Waals surface area contributed by atoms with Crippen LogP contribution < -0.4 is 9.62 Å². The van der Waals surface area contributed by atoms with E-state index in [9.17, 15) is 13.2 Å². The van der Waals surface area contributed by atoms with Gasteiger partial charge in [-0.1, -0.05) is 19.8 Å². The lowest BCUT2D eigenvalue weighted by Crippen LogP contribution is -2.41. The molecule has 0 radical (unpaired) electrons. The average molecular weight is 336 g/mol. The van der Waals surface area contributed by atoms with Crippen LogP contribution in [0.4, 0.5) is 5.69 Å². The molecule has 3 rings (SSSR count). The van der Waals surface area contributed by atoms with E-state index in [1.54, 1.807) is 23.1 Å². The van der Waals surface area contributed by atoms with Crippen molar-refractivity contribution in [3.05, 3.63) is 23.8 Å². The van der Waals surface area contributed by atoms with E-state index >= 15 is 0 Å². The van der Waals surface area contributed by atoms with Gasteiger partial charge in [-0.15, -0.1) is 0 Å². The van der Waals surface area contributed by atoms with Crippen LogP contribution in [-0.2, 0) is 21.2 Å². The molecule has 0 aromatic heterocycles. The molecular weight excluding hydrogens is 312 g/mol. The third-order valence-electron chi connectivity index (χ3n) is 5.05. The molecule has 0 saturated heterocycles. The van der Waals surface area contributed by atoms with Crippen LogP contribution in [0.3, 0.4) is 0 Å². The number of anilines is 1. The highest BCUT2D eigenvalue weighted by atomic mass is 32.2. The smallest absolute Gasteiger partial charge is 0.240 e. The predicted molar refractivity (Wildman–Crippen MR) is 89.9 cm³/mol. The number of amides is 1. The Morgan fingerprint density at radius 2 is 2.00 bits per heavy atom. The van der Waals surface area contributed by atoms with Gasteiger partial charge < -0.3 is 4.90 Å². The van der Waals surface area contributed by atoms with Gasteiger partial charge in [-0.25, -0.2) is 13.1 Å². The number of benzene rings is 1. The second-order valence-corrected chi connectivity index (χ2v) is 8.41. The largest absolute Gasteiger partial charge is 0.312 e. The van der Waals surface area contributed by atoms with Crippen molar-refractivity contribution in [2.45, 2.75) is 56.9 Å². The van der Waals surface area contributed by atoms with Crippen molar-refractivity contribution < 1.29 is 13.2 Å². The third kappa shape index (κ3) is 3.28. The summed E-state index contributed by atoms with van der Waals surface area (Å²) in [5.41, 5.74) is 1.77. The minimum Gasteiger partial charge on any atom is -0.312 e. The minimum atomic E-state index is -3.51. The summed E-state index contributed by atoms with van der Waals surface area (Å²) >= 11 is 0. The van der Waals surface area contributed by atoms with Gasteiger partial charge in [0.15, 0.2) is 0 Å². The molecule has 1 saturated carbocycles. The van der Waals surface area contributed by atoms with Gasteiger partial charge in [-0.3, -0.25) is 4.79 Å². The Bertz CT molecular complexity index is 715. The Morgan fingerprint density at radius 1 is 1.26 bits per heavy atom. The molecule has 2 aliphatic rings. The van der Waals surface area contributed by atoms with E-state index in [2.05, 4.69) is 11.6 Å². The van der Waals surface area contributed by atoms with E-state index < -0.39 is 10.0 Å². The van der Waals surface area contributed by atoms with Gasteiger partial charge in [0.05, 0.1) is 4.90 Å². The zero-order chi connectivity index (χ0) is 16.6. The molecule has 1 N–H and O–H groups in total. The maximum Gasteiger partial charge on any atom is 0.240 e. The van der Waals surface area contributed by atoms with Crippen LogP contribution in [0.25, 0.3) is 0 Å². The van der Waals surface area contributed by atoms with Crippen LogP contribution in [0, 0.1) is 5.92 Å². The van der Waals surface area contributed by atoms with Crippen molar-refractivity contribution >= 4 is 21.6 Å². The Morgan fingerprint density at radius 3 is 2.70 bits per heavy atom. The first kappa shape index (κ1) is 16.5. The van der Waals surface area contributed by atoms with Gasteiger partial charge in [0.1, 0.15) is 0 Å². The fourth-order valence-corrected chi connectivity index (χ4v) is 5.06. The molecule has 126 valence electrons. The van der Waals surface area contributed by atoms with Gasteiger partial charge in [0.2, 0.25) is 15.9 Å². The van der Waals surface area contributed by atoms with Crippen molar-refractivity contribution in [2.75, 3.05) is 11.4 Å². The summed E-state index contributed by atoms with van der Waals surface area (Å²) in [4.78, 5) is 13.6. The van der Waals surface area contributed by atoms with Crippen LogP contribution in [-0.4, -0.2) is 26.9 Å². The summed E-state index contributed by atoms with van der Waals surface area (Å²) in [7, 11) is -3.51. The number of nitrogens with zero attached hydrogens (tertiary/aromatic N) is 1. The van der Waals surface area contributed by atoms with E-state index in [4.69, 9.17) is 0 Å². The van der Waals surface area contributed by atoms with E-state index in [0.717, 1.165) is 30.5 Å². The number of nitrogens with one attached hydrogen (secondary N) is 1. The average Bonchev–Trinajstić information content (AvgIpc) is 2.92. The second-order valence-electron chi connectivity index (χ2n) is 6.70. The topological polar surface area (TPSA) is 66.5 Å². The van der Waals surface area contributed by atoms with Gasteiger partial charge in [-0.2, -0.15) is 0 Å². The molecule has 23 heavy (non-hydrogen) atoms. The Hall–Kier alpha value is -1.40. The first-order chi connectivity index (χ1) is 10.9. The lowest BCUT2D eigenvalue weighted by molar-refractivity contribution is -0.116. The van der Waals surface area contributed by atoms with Crippen LogP contribution in [0.2, 0.25) is 0 Å². The van der Waals surface area contributed by atoms with Gasteiger partial charge >= 0.3 is 0 Å². The van der Waals surface area contributed by atoms with E-state index in [-0.39, 0.29) is 11.9 Å². The molecule has 1 aromatic carbocycles. The number of sulfonamides is 1. The fourth-order valence-electron chi connectivity index (χ4n) is 3.63. The normalized spacial score (nSPS) is 24.5. The molecule has 0 bridgehead atoms. The molecule has 2 unspecified atom stereocenters. The molecular formula is C17H24N2O3S. The summed E-state index contributed by atoms with van der Waals surface area (Å²) in [6.45, 7) is 4.27. The number of hydrogen-bond donors (Lipinski definition) is 1. The predicted octanol–water partition coefficient (Wildman–Crippen LogP) is 2.45. The molecule has 6 heteroatoms. The van der Waals surface area contributed by atoms with Crippen LogP contribution in [0.15, 0.2) is 23.1 Å². The highest BCUT2D eigenvalue weighted by Crippen LogP contribution is 2.31. The molecule has 2 atom stereocenters. The second kappa shape index (κ2) is 6.24. The molecule has 1 aromatic rings. The summed E-state index contributed by atoms with van der Waals surface area (Å²) in [5.74, 6) is 0.370. The van der Waals surface area contributed by atoms with Gasteiger partial charge in [-0.05, 0) is 48.9 Å². The minimum absolute atomic E-state index is 0.00601. The highest BCUT2D eigenvalue weighted by molar-refractivity contribution is 7.89. The molecule has 1 fully saturated rings. The van der Waals surface area contributed by atoms with E-state index in [0.29, 0.717) is 23.8 Å². The molecule has 1 aliphatic carbocycles. The van der Waals surface area contributed by atoms with Crippen molar-refractivity contribution in [3.8, 4) is 0 Å². The van der Waals surface area contributed by atoms with Crippen molar-refractivity contribution in [2.24, 2.45) is 5.92 Å². The summed E-state index contributed by atoms with van der Waals surface area (Å²) in [5, 5.41) is 0. The van der Waals surface area contributed by atoms with Crippen molar-refractivity contribution in [1.82, 2.24) is 4.72 Å². The highest BCUT2D eigenvalue weighted by Gasteiger charge is 2.28. The molecule has 0 spiro atoms. The maximum absolute atomic E-state index is 12.7. The van der Waals surface area contributed by atoms with E-state index in [1.807, 2.05) is 0 Å². The summed E-state index contributed by atoms with van der Waals surface area (Å²) in [6, 6.07) is 5.10. The molecule has 1 amide bonds. The van der Waals surface area contributed by atoms with Gasteiger partial charge in [0, 0.05) is 25.2 Å². The van der Waals surface area contributed by atoms with Crippen molar-refractivity contribution in [3.63, 3.8) is 0 Å². The fraction of sp³-hybridized carbons (Fsp3) is 0.588. The number of hydrogen-bond acceptors (Lipinski definition) is 3. The maximum atomic E-state index is 12.7. The SMILES string of the molecule is CC(=O)N1CCc2cc(S(=O)(=O)NC3CCCCC3C)ccc21. The zero-order valence-corrected chi connectivity index (χ0v) is 14.5. The first-order valence-electron chi connectivity index (χ1n) is 8.32. The van der Waals surface area contributed by atoms with Crippen molar-refractivity contribution in [1.29, 1.82) is 0 Å². The lowest BCUT2D eigenvalue weighted by atomic mass is 9.87. The standard InChI is InChI=1S/C17H24N2O3S/c1-12-5-3-4-6-16(12)18-23(21,22)15-7-8-17-14(11-15)9-10-19(17)13(2)20/h7-8,11-12,16,18H,3-6,9-10H2,1-2H3. The first-order valence-corrected chi connectivity index (χ1v) is 9.80. The number of carbonyl (C=O) groups excluding carboxylic acids is 1. The monoisotopic (exact) mass is 336 g/mol. The number of fused-ring (bicyclic) bond motifs is 1. The molecule has 1 heterocycles. The summed E-state index contributed by atoms with van der Waals surface area (Å²) < 4.78 is 28.2. The van der Waals surface area contributed by atoms with Crippen LogP contribution in [0.5, 0.6) is 0 Å². The Kier molecular flexibility index (Phi) is 4.47. The quantitative estimate of drug-likeness (QED) is 0.922. The lowest BCUT2D eigenvalue weighted by Gasteiger charge is -2.29.